The van der Waals surface area contributed by atoms with Gasteiger partial charge in [-0.3, -0.25) is 0 Å². The predicted octanol–water partition coefficient (Wildman–Crippen LogP) is 8.81. The summed E-state index contributed by atoms with van der Waals surface area (Å²) in [7, 11) is 0. The van der Waals surface area contributed by atoms with Gasteiger partial charge < -0.3 is 14.8 Å². The van der Waals surface area contributed by atoms with E-state index in [-0.39, 0.29) is 6.85 Å². The van der Waals surface area contributed by atoms with E-state index in [2.05, 4.69) is 151 Å². The topological polar surface area (TPSA) is 34.8 Å². The average Bonchev–Trinajstić information content (AvgIpc) is 3.58. The van der Waals surface area contributed by atoms with E-state index >= 15 is 0 Å². The smallest absolute Gasteiger partial charge is 0.329 e. The van der Waals surface area contributed by atoms with Gasteiger partial charge in [0.15, 0.2) is 0 Å². The summed E-state index contributed by atoms with van der Waals surface area (Å²) in [5.41, 5.74) is 16.3. The molecule has 4 heteroatoms. The van der Waals surface area contributed by atoms with Crippen molar-refractivity contribution in [1.82, 2.24) is 9.97 Å². The Labute approximate surface area is 250 Å². The minimum Gasteiger partial charge on any atom is -0.375 e. The number of hydrogen-bond donors (Lipinski definition) is 2. The Morgan fingerprint density at radius 2 is 1.19 bits per heavy atom. The van der Waals surface area contributed by atoms with Crippen molar-refractivity contribution >= 4 is 72.8 Å². The molecular weight excluding hydrogens is 521 g/mol. The van der Waals surface area contributed by atoms with Crippen LogP contribution in [0.3, 0.4) is 0 Å². The van der Waals surface area contributed by atoms with Crippen LogP contribution in [-0.2, 0) is 0 Å². The van der Waals surface area contributed by atoms with Crippen LogP contribution in [0.4, 0.5) is 11.4 Å². The fraction of sp³-hybridized carbons (Fsp3) is 0.0769. The molecule has 8 aromatic rings. The summed E-state index contributed by atoms with van der Waals surface area (Å²) in [6, 6.07) is 42.4. The molecule has 1 aliphatic heterocycles. The first-order chi connectivity index (χ1) is 21.1. The molecule has 6 aromatic carbocycles. The van der Waals surface area contributed by atoms with E-state index in [0.29, 0.717) is 0 Å². The molecule has 43 heavy (non-hydrogen) atoms. The van der Waals surface area contributed by atoms with E-state index in [1.807, 2.05) is 0 Å². The highest BCUT2D eigenvalue weighted by Gasteiger charge is 2.40. The van der Waals surface area contributed by atoms with Crippen molar-refractivity contribution in [2.75, 3.05) is 4.81 Å². The lowest BCUT2D eigenvalue weighted by molar-refractivity contribution is 1.32. The molecule has 0 amide bonds. The van der Waals surface area contributed by atoms with Crippen LogP contribution in [0.1, 0.15) is 16.7 Å². The first-order valence-electron chi connectivity index (χ1n) is 15.1. The molecule has 0 saturated heterocycles. The Morgan fingerprint density at radius 3 is 1.93 bits per heavy atom. The number of fused-ring (bicyclic) bond motifs is 10. The lowest BCUT2D eigenvalue weighted by Crippen LogP contribution is -2.59. The normalized spacial score (nSPS) is 12.9. The monoisotopic (exact) mass is 551 g/mol. The van der Waals surface area contributed by atoms with Crippen molar-refractivity contribution in [1.29, 1.82) is 0 Å². The molecule has 9 rings (SSSR count). The van der Waals surface area contributed by atoms with Gasteiger partial charge in [0.2, 0.25) is 0 Å². The van der Waals surface area contributed by atoms with E-state index in [1.54, 1.807) is 0 Å². The Morgan fingerprint density at radius 1 is 0.535 bits per heavy atom. The molecule has 2 aromatic heterocycles. The SMILES string of the molecule is Cc1cc(C)c(B2c3cc4c(cc3-c3ccc5c([nH]c6ccccc65)c3N2c2ccccc2)[nH]c2ccccc24)c(C)c1. The maximum Gasteiger partial charge on any atom is 0.329 e. The second kappa shape index (κ2) is 8.89. The molecular formula is C39H30BN3. The Balaban J connectivity index is 1.48. The number of nitrogens with one attached hydrogen (secondary N) is 2. The molecule has 204 valence electrons. The number of aryl methyl sites for hydroxylation is 3. The molecule has 2 N–H and O–H groups in total. The summed E-state index contributed by atoms with van der Waals surface area (Å²) < 4.78 is 0. The molecule has 0 unspecified atom stereocenters. The van der Waals surface area contributed by atoms with Crippen LogP contribution in [-0.4, -0.2) is 16.8 Å². The van der Waals surface area contributed by atoms with Crippen LogP contribution in [0.25, 0.3) is 54.7 Å². The quantitative estimate of drug-likeness (QED) is 0.207. The Bertz CT molecular complexity index is 2370. The van der Waals surface area contributed by atoms with Gasteiger partial charge in [-0.05, 0) is 67.6 Å². The minimum atomic E-state index is -0.0134. The molecule has 0 aliphatic carbocycles. The number of rotatable bonds is 2. The van der Waals surface area contributed by atoms with Crippen molar-refractivity contribution in [3.8, 4) is 11.1 Å². The number of anilines is 2. The number of para-hydroxylation sites is 3. The second-order valence-electron chi connectivity index (χ2n) is 12.1. The average molecular weight is 552 g/mol. The van der Waals surface area contributed by atoms with Gasteiger partial charge >= 0.3 is 6.85 Å². The van der Waals surface area contributed by atoms with Gasteiger partial charge in [-0.25, -0.2) is 0 Å². The van der Waals surface area contributed by atoms with Crippen molar-refractivity contribution in [2.24, 2.45) is 0 Å². The summed E-state index contributed by atoms with van der Waals surface area (Å²) in [6.45, 7) is 6.75. The maximum atomic E-state index is 3.86. The minimum absolute atomic E-state index is 0.0134. The number of H-pyrrole nitrogens is 2. The molecule has 0 spiro atoms. The summed E-state index contributed by atoms with van der Waals surface area (Å²) in [5.74, 6) is 0. The van der Waals surface area contributed by atoms with Gasteiger partial charge in [-0.15, -0.1) is 0 Å². The number of nitrogens with zero attached hydrogens (tertiary/aromatic N) is 1. The van der Waals surface area contributed by atoms with Crippen molar-refractivity contribution in [3.05, 3.63) is 132 Å². The molecule has 0 atom stereocenters. The lowest BCUT2D eigenvalue weighted by Gasteiger charge is -2.40. The third-order valence-corrected chi connectivity index (χ3v) is 9.46. The van der Waals surface area contributed by atoms with Crippen LogP contribution < -0.4 is 15.7 Å². The van der Waals surface area contributed by atoms with Crippen molar-refractivity contribution in [2.45, 2.75) is 20.8 Å². The van der Waals surface area contributed by atoms with Crippen LogP contribution >= 0.6 is 0 Å². The largest absolute Gasteiger partial charge is 0.375 e. The molecule has 0 saturated carbocycles. The van der Waals surface area contributed by atoms with Gasteiger partial charge in [-0.2, -0.15) is 0 Å². The van der Waals surface area contributed by atoms with Crippen molar-refractivity contribution < 1.29 is 0 Å². The summed E-state index contributed by atoms with van der Waals surface area (Å²) in [5, 5.41) is 5.04. The Hall–Kier alpha value is -5.22. The third-order valence-electron chi connectivity index (χ3n) is 9.46. The maximum absolute atomic E-state index is 3.86. The Kier molecular flexibility index (Phi) is 5.04. The van der Waals surface area contributed by atoms with E-state index < -0.39 is 0 Å². The van der Waals surface area contributed by atoms with E-state index in [1.165, 1.54) is 88.2 Å². The van der Waals surface area contributed by atoms with Gasteiger partial charge in [-0.1, -0.05) is 102 Å². The van der Waals surface area contributed by atoms with Crippen LogP contribution in [0.15, 0.2) is 115 Å². The zero-order valence-corrected chi connectivity index (χ0v) is 24.5. The zero-order valence-electron chi connectivity index (χ0n) is 24.5. The van der Waals surface area contributed by atoms with Crippen LogP contribution in [0.2, 0.25) is 0 Å². The summed E-state index contributed by atoms with van der Waals surface area (Å²) >= 11 is 0. The van der Waals surface area contributed by atoms with Crippen molar-refractivity contribution in [3.63, 3.8) is 0 Å². The molecule has 0 fully saturated rings. The molecule has 3 heterocycles. The van der Waals surface area contributed by atoms with E-state index in [4.69, 9.17) is 0 Å². The first kappa shape index (κ1) is 24.4. The number of benzene rings is 6. The molecule has 3 nitrogen and oxygen atoms in total. The fourth-order valence-electron chi connectivity index (χ4n) is 7.79. The predicted molar refractivity (Wildman–Crippen MR) is 185 cm³/mol. The lowest BCUT2D eigenvalue weighted by atomic mass is 9.44. The highest BCUT2D eigenvalue weighted by atomic mass is 15.1. The number of aromatic nitrogens is 2. The second-order valence-corrected chi connectivity index (χ2v) is 12.1. The molecule has 0 bridgehead atoms. The first-order valence-corrected chi connectivity index (χ1v) is 15.1. The summed E-state index contributed by atoms with van der Waals surface area (Å²) in [6.07, 6.45) is 0. The fourth-order valence-corrected chi connectivity index (χ4v) is 7.79. The van der Waals surface area contributed by atoms with E-state index in [9.17, 15) is 0 Å². The molecule has 1 aliphatic rings. The van der Waals surface area contributed by atoms with Gasteiger partial charge in [0.1, 0.15) is 0 Å². The summed E-state index contributed by atoms with van der Waals surface area (Å²) in [4.78, 5) is 10.2. The number of hydrogen-bond acceptors (Lipinski definition) is 1. The van der Waals surface area contributed by atoms with Crippen LogP contribution in [0, 0.1) is 20.8 Å². The number of aromatic amines is 2. The highest BCUT2D eigenvalue weighted by molar-refractivity contribution is 6.91. The van der Waals surface area contributed by atoms with Gasteiger partial charge in [0, 0.05) is 49.3 Å². The third kappa shape index (κ3) is 3.44. The van der Waals surface area contributed by atoms with Crippen LogP contribution in [0.5, 0.6) is 0 Å². The van der Waals surface area contributed by atoms with Gasteiger partial charge in [0.05, 0.1) is 11.2 Å². The van der Waals surface area contributed by atoms with Gasteiger partial charge in [0.25, 0.3) is 0 Å². The highest BCUT2D eigenvalue weighted by Crippen LogP contribution is 2.46. The van der Waals surface area contributed by atoms with E-state index in [0.717, 1.165) is 5.52 Å². The molecule has 0 radical (unpaired) electrons. The zero-order chi connectivity index (χ0) is 28.8. The standard InChI is InChI=1S/C39H30BN3/c1-23-19-24(2)37(25(3)20-23)40-33-21-32-28-14-8-9-15-34(28)41-36(32)22-31(33)30-18-17-29-27-13-7-10-16-35(27)42-38(29)39(30)43(40)26-11-5-4-6-12-26/h4-22,41-42H,1-3H3.